The lowest BCUT2D eigenvalue weighted by Gasteiger charge is -2.33. The molecule has 1 atom stereocenters. The fraction of sp³-hybridized carbons (Fsp3) is 0.250. The van der Waals surface area contributed by atoms with Gasteiger partial charge in [0, 0.05) is 0 Å². The maximum absolute atomic E-state index is 12.4. The van der Waals surface area contributed by atoms with Crippen molar-refractivity contribution < 1.29 is 9.53 Å². The van der Waals surface area contributed by atoms with Crippen LogP contribution in [0.25, 0.3) is 0 Å². The zero-order valence-electron chi connectivity index (χ0n) is 10.0. The van der Waals surface area contributed by atoms with Crippen LogP contribution in [0.15, 0.2) is 24.4 Å². The number of amides is 1. The van der Waals surface area contributed by atoms with Gasteiger partial charge in [-0.3, -0.25) is 9.69 Å². The SMILES string of the molecule is CC1CN(C(=O)c2cnsn2)c2cccc(Cl)c2O1. The van der Waals surface area contributed by atoms with E-state index in [1.807, 2.05) is 13.0 Å². The molecule has 5 nitrogen and oxygen atoms in total. The summed E-state index contributed by atoms with van der Waals surface area (Å²) in [4.78, 5) is 14.0. The number of carbonyl (C=O) groups excluding carboxylic acids is 1. The average Bonchev–Trinajstić information content (AvgIpc) is 2.92. The number of hydrogen-bond donors (Lipinski definition) is 0. The van der Waals surface area contributed by atoms with E-state index >= 15 is 0 Å². The van der Waals surface area contributed by atoms with Crippen LogP contribution in [-0.2, 0) is 0 Å². The fourth-order valence-electron chi connectivity index (χ4n) is 2.01. The molecule has 1 aromatic heterocycles. The molecule has 98 valence electrons. The Balaban J connectivity index is 2.04. The summed E-state index contributed by atoms with van der Waals surface area (Å²) in [6, 6.07) is 5.34. The molecule has 1 aliphatic heterocycles. The van der Waals surface area contributed by atoms with Gasteiger partial charge in [-0.15, -0.1) is 0 Å². The predicted molar refractivity (Wildman–Crippen MR) is 73.1 cm³/mol. The number of ether oxygens (including phenoxy) is 1. The number of carbonyl (C=O) groups is 1. The molecule has 0 bridgehead atoms. The summed E-state index contributed by atoms with van der Waals surface area (Å²) in [6.07, 6.45) is 1.35. The molecule has 1 amide bonds. The van der Waals surface area contributed by atoms with E-state index < -0.39 is 0 Å². The zero-order valence-corrected chi connectivity index (χ0v) is 11.6. The molecule has 2 heterocycles. The van der Waals surface area contributed by atoms with E-state index in [-0.39, 0.29) is 12.0 Å². The Kier molecular flexibility index (Phi) is 3.12. The Morgan fingerprint density at radius 2 is 2.42 bits per heavy atom. The third-order valence-electron chi connectivity index (χ3n) is 2.82. The quantitative estimate of drug-likeness (QED) is 0.811. The summed E-state index contributed by atoms with van der Waals surface area (Å²) in [5.41, 5.74) is 1.01. The van der Waals surface area contributed by atoms with Crippen LogP contribution in [0, 0.1) is 0 Å². The molecule has 0 radical (unpaired) electrons. The van der Waals surface area contributed by atoms with Crippen molar-refractivity contribution in [1.82, 2.24) is 8.75 Å². The van der Waals surface area contributed by atoms with Crippen LogP contribution in [0.2, 0.25) is 5.02 Å². The summed E-state index contributed by atoms with van der Waals surface area (Å²) in [5.74, 6) is 0.354. The summed E-state index contributed by atoms with van der Waals surface area (Å²) in [5, 5.41) is 0.498. The van der Waals surface area contributed by atoms with Gasteiger partial charge in [0.1, 0.15) is 6.10 Å². The summed E-state index contributed by atoms with van der Waals surface area (Å²) >= 11 is 7.13. The van der Waals surface area contributed by atoms with Crippen LogP contribution in [-0.4, -0.2) is 27.3 Å². The maximum atomic E-state index is 12.4. The van der Waals surface area contributed by atoms with E-state index in [0.717, 1.165) is 11.7 Å². The molecule has 2 aromatic rings. The standard InChI is InChI=1S/C12H10ClN3O2S/c1-7-6-16(12(17)9-5-14-19-15-9)10-4-2-3-8(13)11(10)18-7/h2-5,7H,6H2,1H3. The summed E-state index contributed by atoms with van der Waals surface area (Å²) < 4.78 is 13.5. The Morgan fingerprint density at radius 1 is 1.58 bits per heavy atom. The third kappa shape index (κ3) is 2.17. The summed E-state index contributed by atoms with van der Waals surface area (Å²) in [7, 11) is 0. The topological polar surface area (TPSA) is 55.3 Å². The van der Waals surface area contributed by atoms with Gasteiger partial charge in [-0.05, 0) is 19.1 Å². The molecular formula is C12H10ClN3O2S. The number of rotatable bonds is 1. The van der Waals surface area contributed by atoms with Crippen LogP contribution in [0.3, 0.4) is 0 Å². The number of anilines is 1. The van der Waals surface area contributed by atoms with E-state index in [2.05, 4.69) is 8.75 Å². The second kappa shape index (κ2) is 4.79. The highest BCUT2D eigenvalue weighted by atomic mass is 35.5. The molecule has 0 saturated heterocycles. The number of hydrogen-bond acceptors (Lipinski definition) is 5. The molecule has 3 rings (SSSR count). The van der Waals surface area contributed by atoms with Gasteiger partial charge in [0.2, 0.25) is 0 Å². The molecular weight excluding hydrogens is 286 g/mol. The fourth-order valence-corrected chi connectivity index (χ4v) is 2.63. The van der Waals surface area contributed by atoms with Crippen molar-refractivity contribution in [2.45, 2.75) is 13.0 Å². The Labute approximate surface area is 119 Å². The van der Waals surface area contributed by atoms with Gasteiger partial charge >= 0.3 is 0 Å². The number of nitrogens with zero attached hydrogens (tertiary/aromatic N) is 3. The highest BCUT2D eigenvalue weighted by Crippen LogP contribution is 2.39. The van der Waals surface area contributed by atoms with E-state index in [1.165, 1.54) is 6.20 Å². The maximum Gasteiger partial charge on any atom is 0.279 e. The van der Waals surface area contributed by atoms with Crippen LogP contribution < -0.4 is 9.64 Å². The van der Waals surface area contributed by atoms with Gasteiger partial charge in [-0.25, -0.2) is 0 Å². The number of fused-ring (bicyclic) bond motifs is 1. The third-order valence-corrected chi connectivity index (χ3v) is 3.60. The van der Waals surface area contributed by atoms with Crippen molar-refractivity contribution in [1.29, 1.82) is 0 Å². The summed E-state index contributed by atoms with van der Waals surface area (Å²) in [6.45, 7) is 2.36. The second-order valence-corrected chi connectivity index (χ2v) is 5.19. The first-order valence-corrected chi connectivity index (χ1v) is 6.82. The highest BCUT2D eigenvalue weighted by molar-refractivity contribution is 6.99. The van der Waals surface area contributed by atoms with Crippen LogP contribution in [0.5, 0.6) is 5.75 Å². The Morgan fingerprint density at radius 3 is 3.16 bits per heavy atom. The van der Waals surface area contributed by atoms with Gasteiger partial charge < -0.3 is 4.74 Å². The van der Waals surface area contributed by atoms with E-state index in [9.17, 15) is 4.79 Å². The molecule has 1 aromatic carbocycles. The van der Waals surface area contributed by atoms with Crippen LogP contribution in [0.1, 0.15) is 17.4 Å². The van der Waals surface area contributed by atoms with Crippen molar-refractivity contribution in [3.8, 4) is 5.75 Å². The molecule has 7 heteroatoms. The minimum atomic E-state index is -0.188. The van der Waals surface area contributed by atoms with E-state index in [1.54, 1.807) is 17.0 Å². The molecule has 0 aliphatic carbocycles. The van der Waals surface area contributed by atoms with Gasteiger partial charge in [0.05, 0.1) is 35.2 Å². The lowest BCUT2D eigenvalue weighted by molar-refractivity contribution is 0.0957. The molecule has 19 heavy (non-hydrogen) atoms. The van der Waals surface area contributed by atoms with Crippen molar-refractivity contribution in [3.63, 3.8) is 0 Å². The van der Waals surface area contributed by atoms with Gasteiger partial charge in [0.25, 0.3) is 5.91 Å². The minimum Gasteiger partial charge on any atom is -0.485 e. The average molecular weight is 296 g/mol. The van der Waals surface area contributed by atoms with E-state index in [4.69, 9.17) is 16.3 Å². The minimum absolute atomic E-state index is 0.122. The lowest BCUT2D eigenvalue weighted by atomic mass is 10.2. The number of benzene rings is 1. The largest absolute Gasteiger partial charge is 0.485 e. The van der Waals surface area contributed by atoms with Crippen LogP contribution >= 0.6 is 23.3 Å². The lowest BCUT2D eigenvalue weighted by Crippen LogP contribution is -2.42. The molecule has 0 N–H and O–H groups in total. The van der Waals surface area contributed by atoms with Crippen molar-refractivity contribution in [3.05, 3.63) is 35.1 Å². The van der Waals surface area contributed by atoms with Gasteiger partial charge in [-0.2, -0.15) is 8.75 Å². The molecule has 1 unspecified atom stereocenters. The van der Waals surface area contributed by atoms with Crippen molar-refractivity contribution in [2.75, 3.05) is 11.4 Å². The first kappa shape index (κ1) is 12.4. The van der Waals surface area contributed by atoms with E-state index in [0.29, 0.717) is 28.7 Å². The molecule has 0 saturated carbocycles. The first-order chi connectivity index (χ1) is 9.16. The molecule has 0 spiro atoms. The Hall–Kier alpha value is -1.66. The van der Waals surface area contributed by atoms with Gasteiger partial charge in [-0.1, -0.05) is 17.7 Å². The monoisotopic (exact) mass is 295 g/mol. The van der Waals surface area contributed by atoms with Crippen molar-refractivity contribution in [2.24, 2.45) is 0 Å². The molecule has 1 aliphatic rings. The second-order valence-electron chi connectivity index (χ2n) is 4.22. The van der Waals surface area contributed by atoms with Crippen molar-refractivity contribution >= 4 is 34.9 Å². The Bertz CT molecular complexity index is 617. The van der Waals surface area contributed by atoms with Crippen LogP contribution in [0.4, 0.5) is 5.69 Å². The number of para-hydroxylation sites is 1. The molecule has 0 fully saturated rings. The smallest absolute Gasteiger partial charge is 0.279 e. The number of halogens is 1. The normalized spacial score (nSPS) is 17.8. The first-order valence-electron chi connectivity index (χ1n) is 5.71. The highest BCUT2D eigenvalue weighted by Gasteiger charge is 2.30. The number of aromatic nitrogens is 2. The zero-order chi connectivity index (χ0) is 13.4. The van der Waals surface area contributed by atoms with Gasteiger partial charge in [0.15, 0.2) is 11.4 Å². The predicted octanol–water partition coefficient (Wildman–Crippen LogP) is 2.62.